The smallest absolute Gasteiger partial charge is 0.251 e. The van der Waals surface area contributed by atoms with Gasteiger partial charge in [-0.2, -0.15) is 0 Å². The Morgan fingerprint density at radius 3 is 2.50 bits per heavy atom. The second-order valence-corrected chi connectivity index (χ2v) is 4.79. The van der Waals surface area contributed by atoms with Gasteiger partial charge in [0.25, 0.3) is 5.91 Å². The van der Waals surface area contributed by atoms with Gasteiger partial charge < -0.3 is 14.8 Å². The summed E-state index contributed by atoms with van der Waals surface area (Å²) in [5.74, 6) is 1.50. The van der Waals surface area contributed by atoms with Gasteiger partial charge in [0.1, 0.15) is 18.1 Å². The maximum absolute atomic E-state index is 12.0. The van der Waals surface area contributed by atoms with Gasteiger partial charge in [-0.3, -0.25) is 4.79 Å². The van der Waals surface area contributed by atoms with Crippen LogP contribution in [0.1, 0.15) is 22.8 Å². The van der Waals surface area contributed by atoms with E-state index in [9.17, 15) is 4.79 Å². The molecule has 1 amide bonds. The molecule has 22 heavy (non-hydrogen) atoms. The minimum absolute atomic E-state index is 0.116. The van der Waals surface area contributed by atoms with Gasteiger partial charge in [0, 0.05) is 5.56 Å². The summed E-state index contributed by atoms with van der Waals surface area (Å²) in [5.41, 5.74) is 1.78. The number of para-hydroxylation sites is 1. The first-order valence-corrected chi connectivity index (χ1v) is 7.37. The Morgan fingerprint density at radius 1 is 1.09 bits per heavy atom. The first-order chi connectivity index (χ1) is 10.7. The molecule has 0 saturated heterocycles. The van der Waals surface area contributed by atoms with Gasteiger partial charge in [0.2, 0.25) is 0 Å². The van der Waals surface area contributed by atoms with E-state index >= 15 is 0 Å². The van der Waals surface area contributed by atoms with E-state index in [1.54, 1.807) is 31.4 Å². The Hall–Kier alpha value is -2.49. The van der Waals surface area contributed by atoms with E-state index in [0.717, 1.165) is 17.9 Å². The van der Waals surface area contributed by atoms with Crippen molar-refractivity contribution >= 4 is 5.91 Å². The zero-order chi connectivity index (χ0) is 15.8. The number of carbonyl (C=O) groups excluding carboxylic acids is 1. The molecule has 2 aromatic rings. The van der Waals surface area contributed by atoms with Gasteiger partial charge in [-0.25, -0.2) is 0 Å². The standard InChI is InChI=1S/C18H21NO3/c1-3-14-6-4-5-7-17(14)22-13-12-19-18(20)15-8-10-16(21-2)11-9-15/h4-11H,3,12-13H2,1-2H3,(H,19,20). The summed E-state index contributed by atoms with van der Waals surface area (Å²) in [6.07, 6.45) is 0.925. The molecule has 0 aliphatic rings. The Morgan fingerprint density at radius 2 is 1.82 bits per heavy atom. The number of rotatable bonds is 7. The third-order valence-electron chi connectivity index (χ3n) is 3.35. The maximum atomic E-state index is 12.0. The molecule has 0 heterocycles. The first kappa shape index (κ1) is 15.9. The Labute approximate surface area is 131 Å². The molecule has 0 radical (unpaired) electrons. The van der Waals surface area contributed by atoms with Crippen molar-refractivity contribution in [3.8, 4) is 11.5 Å². The molecule has 0 unspecified atom stereocenters. The number of aryl methyl sites for hydroxylation is 1. The molecule has 0 saturated carbocycles. The van der Waals surface area contributed by atoms with Crippen LogP contribution in [0, 0.1) is 0 Å². The van der Waals surface area contributed by atoms with E-state index in [1.807, 2.05) is 24.3 Å². The number of nitrogens with one attached hydrogen (secondary N) is 1. The zero-order valence-corrected chi connectivity index (χ0v) is 13.0. The van der Waals surface area contributed by atoms with Crippen molar-refractivity contribution in [1.82, 2.24) is 5.32 Å². The summed E-state index contributed by atoms with van der Waals surface area (Å²) in [4.78, 5) is 12.0. The largest absolute Gasteiger partial charge is 0.497 e. The molecule has 0 aliphatic carbocycles. The lowest BCUT2D eigenvalue weighted by atomic mass is 10.1. The van der Waals surface area contributed by atoms with Crippen molar-refractivity contribution in [2.45, 2.75) is 13.3 Å². The molecule has 0 spiro atoms. The molecule has 4 heteroatoms. The van der Waals surface area contributed by atoms with Gasteiger partial charge in [-0.1, -0.05) is 25.1 Å². The summed E-state index contributed by atoms with van der Waals surface area (Å²) in [7, 11) is 1.60. The molecule has 116 valence electrons. The highest BCUT2D eigenvalue weighted by molar-refractivity contribution is 5.94. The molecule has 2 aromatic carbocycles. The monoisotopic (exact) mass is 299 g/mol. The normalized spacial score (nSPS) is 10.1. The van der Waals surface area contributed by atoms with Crippen molar-refractivity contribution in [1.29, 1.82) is 0 Å². The van der Waals surface area contributed by atoms with Gasteiger partial charge in [0.15, 0.2) is 0 Å². The Bertz CT molecular complexity index is 608. The number of methoxy groups -OCH3 is 1. The van der Waals surface area contributed by atoms with Crippen LogP contribution in [0.4, 0.5) is 0 Å². The number of hydrogen-bond donors (Lipinski definition) is 1. The van der Waals surface area contributed by atoms with E-state index < -0.39 is 0 Å². The highest BCUT2D eigenvalue weighted by atomic mass is 16.5. The lowest BCUT2D eigenvalue weighted by Gasteiger charge is -2.11. The molecular formula is C18H21NO3. The number of amides is 1. The van der Waals surface area contributed by atoms with Gasteiger partial charge in [-0.05, 0) is 42.3 Å². The predicted octanol–water partition coefficient (Wildman–Crippen LogP) is 3.07. The number of hydrogen-bond acceptors (Lipinski definition) is 3. The summed E-state index contributed by atoms with van der Waals surface area (Å²) < 4.78 is 10.8. The summed E-state index contributed by atoms with van der Waals surface area (Å²) >= 11 is 0. The van der Waals surface area contributed by atoms with Crippen LogP contribution in [0.5, 0.6) is 11.5 Å². The van der Waals surface area contributed by atoms with Gasteiger partial charge in [-0.15, -0.1) is 0 Å². The van der Waals surface area contributed by atoms with Crippen LogP contribution >= 0.6 is 0 Å². The van der Waals surface area contributed by atoms with Crippen molar-refractivity contribution in [2.24, 2.45) is 0 Å². The van der Waals surface area contributed by atoms with Crippen LogP contribution in [0.15, 0.2) is 48.5 Å². The van der Waals surface area contributed by atoms with Crippen LogP contribution in [0.3, 0.4) is 0 Å². The van der Waals surface area contributed by atoms with E-state index in [1.165, 1.54) is 5.56 Å². The van der Waals surface area contributed by atoms with Crippen molar-refractivity contribution in [3.05, 3.63) is 59.7 Å². The van der Waals surface area contributed by atoms with E-state index in [4.69, 9.17) is 9.47 Å². The summed E-state index contributed by atoms with van der Waals surface area (Å²) in [6, 6.07) is 15.0. The average molecular weight is 299 g/mol. The topological polar surface area (TPSA) is 47.6 Å². The molecule has 0 fully saturated rings. The van der Waals surface area contributed by atoms with Gasteiger partial charge in [0.05, 0.1) is 13.7 Å². The maximum Gasteiger partial charge on any atom is 0.251 e. The van der Waals surface area contributed by atoms with Crippen LogP contribution in [0.2, 0.25) is 0 Å². The SMILES string of the molecule is CCc1ccccc1OCCNC(=O)c1ccc(OC)cc1. The Kier molecular flexibility index (Phi) is 5.83. The van der Waals surface area contributed by atoms with Crippen LogP contribution in [-0.2, 0) is 6.42 Å². The molecule has 1 N–H and O–H groups in total. The third-order valence-corrected chi connectivity index (χ3v) is 3.35. The van der Waals surface area contributed by atoms with E-state index in [-0.39, 0.29) is 5.91 Å². The van der Waals surface area contributed by atoms with Crippen LogP contribution in [-0.4, -0.2) is 26.2 Å². The van der Waals surface area contributed by atoms with Crippen molar-refractivity contribution in [2.75, 3.05) is 20.3 Å². The Balaban J connectivity index is 1.79. The lowest BCUT2D eigenvalue weighted by molar-refractivity contribution is 0.0947. The van der Waals surface area contributed by atoms with Crippen LogP contribution < -0.4 is 14.8 Å². The molecular weight excluding hydrogens is 278 g/mol. The van der Waals surface area contributed by atoms with Crippen LogP contribution in [0.25, 0.3) is 0 Å². The van der Waals surface area contributed by atoms with Crippen molar-refractivity contribution in [3.63, 3.8) is 0 Å². The van der Waals surface area contributed by atoms with E-state index in [2.05, 4.69) is 12.2 Å². The minimum atomic E-state index is -0.116. The lowest BCUT2D eigenvalue weighted by Crippen LogP contribution is -2.28. The van der Waals surface area contributed by atoms with Gasteiger partial charge >= 0.3 is 0 Å². The molecule has 0 aliphatic heterocycles. The molecule has 4 nitrogen and oxygen atoms in total. The second-order valence-electron chi connectivity index (χ2n) is 4.79. The summed E-state index contributed by atoms with van der Waals surface area (Å²) in [6.45, 7) is 3.00. The second kappa shape index (κ2) is 8.08. The predicted molar refractivity (Wildman–Crippen MR) is 86.6 cm³/mol. The minimum Gasteiger partial charge on any atom is -0.497 e. The number of carbonyl (C=O) groups is 1. The fraction of sp³-hybridized carbons (Fsp3) is 0.278. The number of benzene rings is 2. The average Bonchev–Trinajstić information content (AvgIpc) is 2.59. The highest BCUT2D eigenvalue weighted by Crippen LogP contribution is 2.17. The molecule has 0 aromatic heterocycles. The molecule has 2 rings (SSSR count). The summed E-state index contributed by atoms with van der Waals surface area (Å²) in [5, 5.41) is 2.84. The fourth-order valence-electron chi connectivity index (χ4n) is 2.11. The number of ether oxygens (including phenoxy) is 2. The zero-order valence-electron chi connectivity index (χ0n) is 13.0. The third kappa shape index (κ3) is 4.25. The highest BCUT2D eigenvalue weighted by Gasteiger charge is 2.05. The van der Waals surface area contributed by atoms with Crippen molar-refractivity contribution < 1.29 is 14.3 Å². The molecule has 0 atom stereocenters. The fourth-order valence-corrected chi connectivity index (χ4v) is 2.11. The van der Waals surface area contributed by atoms with E-state index in [0.29, 0.717) is 18.7 Å². The molecule has 0 bridgehead atoms. The first-order valence-electron chi connectivity index (χ1n) is 7.37. The quantitative estimate of drug-likeness (QED) is 0.799.